The maximum absolute atomic E-state index is 12.1. The molecular formula is C20H18N2O2S. The lowest BCUT2D eigenvalue weighted by molar-refractivity contribution is 0.602. The number of rotatable bonds is 2. The lowest BCUT2D eigenvalue weighted by Gasteiger charge is -2.07. The summed E-state index contributed by atoms with van der Waals surface area (Å²) in [6.07, 6.45) is 1.22. The summed E-state index contributed by atoms with van der Waals surface area (Å²) in [5.74, 6) is 0. The van der Waals surface area contributed by atoms with Crippen molar-refractivity contribution in [1.82, 2.24) is 9.97 Å². The van der Waals surface area contributed by atoms with Crippen molar-refractivity contribution in [1.29, 1.82) is 0 Å². The SMILES string of the molecule is Cc1ccc2[nH]c(C)c(-c3ccc4cccc(S(C)(=O)=O)c4n3)c2c1. The normalized spacial score (nSPS) is 12.1. The van der Waals surface area contributed by atoms with Crippen LogP contribution in [-0.2, 0) is 9.84 Å². The van der Waals surface area contributed by atoms with Gasteiger partial charge in [0.1, 0.15) is 0 Å². The minimum absolute atomic E-state index is 0.264. The predicted octanol–water partition coefficient (Wildman–Crippen LogP) is 4.40. The number of benzene rings is 2. The first-order chi connectivity index (χ1) is 11.8. The number of aryl methyl sites for hydroxylation is 2. The second-order valence-electron chi connectivity index (χ2n) is 6.47. The van der Waals surface area contributed by atoms with Gasteiger partial charge in [0.15, 0.2) is 9.84 Å². The molecule has 0 atom stereocenters. The van der Waals surface area contributed by atoms with Crippen molar-refractivity contribution in [2.75, 3.05) is 6.26 Å². The number of para-hydroxylation sites is 1. The molecule has 0 saturated carbocycles. The Morgan fingerprint density at radius 1 is 1.00 bits per heavy atom. The standard InChI is InChI=1S/C20H18N2O2S/c1-12-7-9-16-15(11-12)19(13(2)21-16)17-10-8-14-5-4-6-18(20(14)22-17)25(3,23)24/h4-11,21H,1-3H3. The van der Waals surface area contributed by atoms with Crippen molar-refractivity contribution < 1.29 is 8.42 Å². The molecule has 0 spiro atoms. The van der Waals surface area contributed by atoms with E-state index in [0.717, 1.165) is 33.2 Å². The number of nitrogens with zero attached hydrogens (tertiary/aromatic N) is 1. The maximum atomic E-state index is 12.1. The molecule has 4 aromatic rings. The first-order valence-corrected chi connectivity index (χ1v) is 9.93. The molecule has 0 unspecified atom stereocenters. The van der Waals surface area contributed by atoms with Gasteiger partial charge >= 0.3 is 0 Å². The van der Waals surface area contributed by atoms with Gasteiger partial charge in [-0.15, -0.1) is 0 Å². The fourth-order valence-corrected chi connectivity index (χ4v) is 4.17. The van der Waals surface area contributed by atoms with Gasteiger partial charge in [0, 0.05) is 33.8 Å². The molecule has 1 N–H and O–H groups in total. The van der Waals surface area contributed by atoms with Crippen LogP contribution in [0, 0.1) is 13.8 Å². The van der Waals surface area contributed by atoms with Gasteiger partial charge in [-0.25, -0.2) is 13.4 Å². The largest absolute Gasteiger partial charge is 0.358 e. The van der Waals surface area contributed by atoms with E-state index in [1.165, 1.54) is 11.8 Å². The van der Waals surface area contributed by atoms with Gasteiger partial charge in [0.2, 0.25) is 0 Å². The van der Waals surface area contributed by atoms with E-state index in [2.05, 4.69) is 30.1 Å². The molecule has 0 aliphatic heterocycles. The Labute approximate surface area is 146 Å². The topological polar surface area (TPSA) is 62.8 Å². The van der Waals surface area contributed by atoms with Gasteiger partial charge < -0.3 is 4.98 Å². The number of hydrogen-bond acceptors (Lipinski definition) is 3. The van der Waals surface area contributed by atoms with E-state index in [9.17, 15) is 8.42 Å². The number of aromatic amines is 1. The van der Waals surface area contributed by atoms with E-state index >= 15 is 0 Å². The molecule has 0 fully saturated rings. The fraction of sp³-hybridized carbons (Fsp3) is 0.150. The van der Waals surface area contributed by atoms with Crippen LogP contribution in [-0.4, -0.2) is 24.6 Å². The molecule has 126 valence electrons. The summed E-state index contributed by atoms with van der Waals surface area (Å²) in [5, 5.41) is 1.92. The number of nitrogens with one attached hydrogen (secondary N) is 1. The van der Waals surface area contributed by atoms with Crippen LogP contribution >= 0.6 is 0 Å². The minimum atomic E-state index is -3.34. The van der Waals surface area contributed by atoms with Gasteiger partial charge in [-0.1, -0.05) is 29.8 Å². The highest BCUT2D eigenvalue weighted by Crippen LogP contribution is 2.33. The summed E-state index contributed by atoms with van der Waals surface area (Å²) >= 11 is 0. The average molecular weight is 350 g/mol. The van der Waals surface area contributed by atoms with Crippen molar-refractivity contribution >= 4 is 31.6 Å². The van der Waals surface area contributed by atoms with Crippen molar-refractivity contribution in [2.24, 2.45) is 0 Å². The van der Waals surface area contributed by atoms with Gasteiger partial charge in [-0.3, -0.25) is 0 Å². The van der Waals surface area contributed by atoms with Crippen LogP contribution in [0.2, 0.25) is 0 Å². The molecule has 0 aliphatic carbocycles. The number of hydrogen-bond donors (Lipinski definition) is 1. The van der Waals surface area contributed by atoms with Gasteiger partial charge in [0.05, 0.1) is 16.1 Å². The molecule has 0 aliphatic rings. The number of H-pyrrole nitrogens is 1. The molecule has 5 heteroatoms. The van der Waals surface area contributed by atoms with Crippen LogP contribution in [0.4, 0.5) is 0 Å². The van der Waals surface area contributed by atoms with Crippen molar-refractivity contribution in [3.05, 3.63) is 59.8 Å². The highest BCUT2D eigenvalue weighted by Gasteiger charge is 2.16. The zero-order valence-electron chi connectivity index (χ0n) is 14.3. The lowest BCUT2D eigenvalue weighted by atomic mass is 10.0. The van der Waals surface area contributed by atoms with Crippen LogP contribution < -0.4 is 0 Å². The summed E-state index contributed by atoms with van der Waals surface area (Å²) in [6, 6.07) is 15.4. The maximum Gasteiger partial charge on any atom is 0.177 e. The first-order valence-electron chi connectivity index (χ1n) is 8.04. The van der Waals surface area contributed by atoms with E-state index in [4.69, 9.17) is 4.98 Å². The monoisotopic (exact) mass is 350 g/mol. The second kappa shape index (κ2) is 5.43. The third-order valence-corrected chi connectivity index (χ3v) is 5.61. The van der Waals surface area contributed by atoms with Crippen LogP contribution in [0.5, 0.6) is 0 Å². The summed E-state index contributed by atoms with van der Waals surface area (Å²) in [5.41, 5.74) is 5.55. The van der Waals surface area contributed by atoms with Crippen LogP contribution in [0.1, 0.15) is 11.3 Å². The quantitative estimate of drug-likeness (QED) is 0.583. The molecule has 4 nitrogen and oxygen atoms in total. The number of sulfone groups is 1. The van der Waals surface area contributed by atoms with Crippen molar-refractivity contribution in [3.63, 3.8) is 0 Å². The zero-order valence-corrected chi connectivity index (χ0v) is 15.1. The number of fused-ring (bicyclic) bond motifs is 2. The molecular weight excluding hydrogens is 332 g/mol. The Bertz CT molecular complexity index is 1240. The Balaban J connectivity index is 2.06. The molecule has 2 aromatic heterocycles. The van der Waals surface area contributed by atoms with Crippen molar-refractivity contribution in [3.8, 4) is 11.3 Å². The zero-order chi connectivity index (χ0) is 17.8. The predicted molar refractivity (Wildman–Crippen MR) is 102 cm³/mol. The van der Waals surface area contributed by atoms with Gasteiger partial charge in [0.25, 0.3) is 0 Å². The summed E-state index contributed by atoms with van der Waals surface area (Å²) in [4.78, 5) is 8.38. The van der Waals surface area contributed by atoms with Crippen LogP contribution in [0.15, 0.2) is 53.4 Å². The van der Waals surface area contributed by atoms with Crippen LogP contribution in [0.25, 0.3) is 33.1 Å². The highest BCUT2D eigenvalue weighted by atomic mass is 32.2. The Morgan fingerprint density at radius 2 is 1.80 bits per heavy atom. The molecule has 0 radical (unpaired) electrons. The lowest BCUT2D eigenvalue weighted by Crippen LogP contribution is -2.00. The molecule has 0 amide bonds. The summed E-state index contributed by atoms with van der Waals surface area (Å²) in [7, 11) is -3.34. The minimum Gasteiger partial charge on any atom is -0.358 e. The Kier molecular flexibility index (Phi) is 3.44. The summed E-state index contributed by atoms with van der Waals surface area (Å²) in [6.45, 7) is 4.07. The fourth-order valence-electron chi connectivity index (χ4n) is 3.33. The van der Waals surface area contributed by atoms with E-state index in [1.54, 1.807) is 12.1 Å². The van der Waals surface area contributed by atoms with Crippen LogP contribution in [0.3, 0.4) is 0 Å². The van der Waals surface area contributed by atoms with Crippen molar-refractivity contribution in [2.45, 2.75) is 18.7 Å². The number of aromatic nitrogens is 2. The molecule has 0 bridgehead atoms. The highest BCUT2D eigenvalue weighted by molar-refractivity contribution is 7.91. The van der Waals surface area contributed by atoms with E-state index in [1.807, 2.05) is 25.1 Å². The molecule has 2 aromatic carbocycles. The Morgan fingerprint density at radius 3 is 2.56 bits per heavy atom. The Hall–Kier alpha value is -2.66. The third-order valence-electron chi connectivity index (χ3n) is 4.48. The summed E-state index contributed by atoms with van der Waals surface area (Å²) < 4.78 is 24.2. The molecule has 25 heavy (non-hydrogen) atoms. The van der Waals surface area contributed by atoms with E-state index < -0.39 is 9.84 Å². The van der Waals surface area contributed by atoms with E-state index in [-0.39, 0.29) is 4.90 Å². The molecule has 4 rings (SSSR count). The second-order valence-corrected chi connectivity index (χ2v) is 8.45. The first kappa shape index (κ1) is 15.8. The average Bonchev–Trinajstić information content (AvgIpc) is 2.88. The smallest absolute Gasteiger partial charge is 0.177 e. The molecule has 2 heterocycles. The van der Waals surface area contributed by atoms with E-state index in [0.29, 0.717) is 5.52 Å². The van der Waals surface area contributed by atoms with Gasteiger partial charge in [-0.2, -0.15) is 0 Å². The molecule has 0 saturated heterocycles. The third kappa shape index (κ3) is 2.61. The number of pyridine rings is 1. The van der Waals surface area contributed by atoms with Gasteiger partial charge in [-0.05, 0) is 38.1 Å².